The zero-order chi connectivity index (χ0) is 20.1. The summed E-state index contributed by atoms with van der Waals surface area (Å²) in [5.74, 6) is 0.113. The summed E-state index contributed by atoms with van der Waals surface area (Å²) >= 11 is 0. The normalized spacial score (nSPS) is 18.6. The standard InChI is InChI=1S/C21H26FN5O2/c22-18-6-2-1-5-17(18)19(26-7-3-4-8-26)15-23-20(28)16-13-24-21(25-14-16)27-9-11-29-12-10-27/h1-2,5-6,13-14,19H,3-4,7-12,15H2,(H,23,28). The number of halogens is 1. The molecule has 1 atom stereocenters. The van der Waals surface area contributed by atoms with E-state index in [4.69, 9.17) is 4.74 Å². The monoisotopic (exact) mass is 399 g/mol. The number of amides is 1. The Morgan fingerprint density at radius 1 is 1.10 bits per heavy atom. The number of nitrogens with one attached hydrogen (secondary N) is 1. The molecule has 0 saturated carbocycles. The first-order chi connectivity index (χ1) is 14.2. The zero-order valence-electron chi connectivity index (χ0n) is 16.4. The van der Waals surface area contributed by atoms with Gasteiger partial charge in [0.1, 0.15) is 5.82 Å². The van der Waals surface area contributed by atoms with Gasteiger partial charge >= 0.3 is 0 Å². The molecule has 2 aliphatic heterocycles. The second-order valence-electron chi connectivity index (χ2n) is 7.36. The van der Waals surface area contributed by atoms with Crippen molar-refractivity contribution in [1.29, 1.82) is 0 Å². The Morgan fingerprint density at radius 3 is 2.48 bits per heavy atom. The van der Waals surface area contributed by atoms with Crippen molar-refractivity contribution in [1.82, 2.24) is 20.2 Å². The van der Waals surface area contributed by atoms with Gasteiger partial charge in [-0.1, -0.05) is 18.2 Å². The fourth-order valence-electron chi connectivity index (χ4n) is 3.89. The third-order valence-corrected chi connectivity index (χ3v) is 5.50. The van der Waals surface area contributed by atoms with Crippen molar-refractivity contribution in [2.45, 2.75) is 18.9 Å². The van der Waals surface area contributed by atoms with Gasteiger partial charge in [0.2, 0.25) is 5.95 Å². The fourth-order valence-corrected chi connectivity index (χ4v) is 3.89. The summed E-state index contributed by atoms with van der Waals surface area (Å²) in [6.07, 6.45) is 5.27. The molecule has 0 spiro atoms. The van der Waals surface area contributed by atoms with Gasteiger partial charge in [0.05, 0.1) is 24.8 Å². The number of hydrogen-bond donors (Lipinski definition) is 1. The molecule has 0 bridgehead atoms. The van der Waals surface area contributed by atoms with E-state index in [-0.39, 0.29) is 17.8 Å². The van der Waals surface area contributed by atoms with Crippen molar-refractivity contribution in [3.8, 4) is 0 Å². The van der Waals surface area contributed by atoms with Crippen LogP contribution in [0.2, 0.25) is 0 Å². The lowest BCUT2D eigenvalue weighted by molar-refractivity contribution is 0.0936. The van der Waals surface area contributed by atoms with Gasteiger partial charge in [-0.15, -0.1) is 0 Å². The van der Waals surface area contributed by atoms with Crippen LogP contribution in [0, 0.1) is 5.82 Å². The minimum Gasteiger partial charge on any atom is -0.378 e. The predicted octanol–water partition coefficient (Wildman–Crippen LogP) is 2.02. The Kier molecular flexibility index (Phi) is 6.31. The third kappa shape index (κ3) is 4.71. The molecule has 2 aromatic rings. The topological polar surface area (TPSA) is 70.6 Å². The summed E-state index contributed by atoms with van der Waals surface area (Å²) < 4.78 is 19.7. The maximum Gasteiger partial charge on any atom is 0.254 e. The Balaban J connectivity index is 1.41. The fraction of sp³-hybridized carbons (Fsp3) is 0.476. The van der Waals surface area contributed by atoms with E-state index in [9.17, 15) is 9.18 Å². The van der Waals surface area contributed by atoms with Gasteiger partial charge in [0.15, 0.2) is 0 Å². The Hall–Kier alpha value is -2.58. The number of aromatic nitrogens is 2. The highest BCUT2D eigenvalue weighted by Crippen LogP contribution is 2.26. The molecule has 4 rings (SSSR count). The minimum absolute atomic E-state index is 0.184. The van der Waals surface area contributed by atoms with Gasteiger partial charge in [0.25, 0.3) is 5.91 Å². The van der Waals surface area contributed by atoms with Crippen LogP contribution in [-0.2, 0) is 4.74 Å². The molecule has 8 heteroatoms. The second-order valence-corrected chi connectivity index (χ2v) is 7.36. The quantitative estimate of drug-likeness (QED) is 0.802. The van der Waals surface area contributed by atoms with Crippen molar-refractivity contribution >= 4 is 11.9 Å². The average Bonchev–Trinajstić information content (AvgIpc) is 3.30. The molecular weight excluding hydrogens is 373 g/mol. The van der Waals surface area contributed by atoms with Gasteiger partial charge in [-0.3, -0.25) is 9.69 Å². The lowest BCUT2D eigenvalue weighted by Gasteiger charge is -2.28. The van der Waals surface area contributed by atoms with Crippen LogP contribution >= 0.6 is 0 Å². The molecule has 1 aromatic heterocycles. The maximum atomic E-state index is 14.4. The van der Waals surface area contributed by atoms with E-state index in [0.717, 1.165) is 39.0 Å². The summed E-state index contributed by atoms with van der Waals surface area (Å²) in [4.78, 5) is 25.6. The van der Waals surface area contributed by atoms with Gasteiger partial charge in [-0.05, 0) is 32.0 Å². The Labute approximate surface area is 169 Å². The van der Waals surface area contributed by atoms with Crippen molar-refractivity contribution in [3.63, 3.8) is 0 Å². The molecule has 7 nitrogen and oxygen atoms in total. The first-order valence-electron chi connectivity index (χ1n) is 10.1. The van der Waals surface area contributed by atoms with Crippen LogP contribution in [0.5, 0.6) is 0 Å². The second kappa shape index (κ2) is 9.28. The van der Waals surface area contributed by atoms with Crippen LogP contribution in [0.3, 0.4) is 0 Å². The van der Waals surface area contributed by atoms with Crippen molar-refractivity contribution in [3.05, 3.63) is 53.6 Å². The van der Waals surface area contributed by atoms with Crippen molar-refractivity contribution < 1.29 is 13.9 Å². The Bertz CT molecular complexity index is 820. The molecule has 2 aliphatic rings. The molecule has 1 amide bonds. The molecular formula is C21H26FN5O2. The predicted molar refractivity (Wildman–Crippen MR) is 107 cm³/mol. The maximum absolute atomic E-state index is 14.4. The molecule has 29 heavy (non-hydrogen) atoms. The molecule has 0 aliphatic carbocycles. The number of hydrogen-bond acceptors (Lipinski definition) is 6. The molecule has 2 saturated heterocycles. The molecule has 1 unspecified atom stereocenters. The van der Waals surface area contributed by atoms with Gasteiger partial charge in [0, 0.05) is 37.6 Å². The number of carbonyl (C=O) groups excluding carboxylic acids is 1. The first kappa shape index (κ1) is 19.7. The van der Waals surface area contributed by atoms with Gasteiger partial charge in [-0.2, -0.15) is 0 Å². The number of likely N-dealkylation sites (tertiary alicyclic amines) is 1. The molecule has 1 N–H and O–H groups in total. The minimum atomic E-state index is -0.251. The molecule has 1 aromatic carbocycles. The smallest absolute Gasteiger partial charge is 0.254 e. The Morgan fingerprint density at radius 2 is 1.79 bits per heavy atom. The van der Waals surface area contributed by atoms with Crippen LogP contribution < -0.4 is 10.2 Å². The van der Waals surface area contributed by atoms with Crippen molar-refractivity contribution in [2.24, 2.45) is 0 Å². The van der Waals surface area contributed by atoms with Gasteiger partial charge in [-0.25, -0.2) is 14.4 Å². The molecule has 154 valence electrons. The zero-order valence-corrected chi connectivity index (χ0v) is 16.4. The lowest BCUT2D eigenvalue weighted by atomic mass is 10.0. The summed E-state index contributed by atoms with van der Waals surface area (Å²) in [6, 6.07) is 6.60. The number of morpholine rings is 1. The number of nitrogens with zero attached hydrogens (tertiary/aromatic N) is 4. The van der Waals surface area contributed by atoms with Crippen molar-refractivity contribution in [2.75, 3.05) is 50.8 Å². The van der Waals surface area contributed by atoms with E-state index >= 15 is 0 Å². The highest BCUT2D eigenvalue weighted by Gasteiger charge is 2.26. The summed E-state index contributed by atoms with van der Waals surface area (Å²) in [6.45, 7) is 4.94. The number of ether oxygens (including phenoxy) is 1. The highest BCUT2D eigenvalue weighted by atomic mass is 19.1. The third-order valence-electron chi connectivity index (χ3n) is 5.50. The van der Waals surface area contributed by atoms with Crippen LogP contribution in [0.15, 0.2) is 36.7 Å². The van der Waals surface area contributed by atoms with Crippen LogP contribution in [0.1, 0.15) is 34.8 Å². The summed E-state index contributed by atoms with van der Waals surface area (Å²) in [5.41, 5.74) is 1.02. The summed E-state index contributed by atoms with van der Waals surface area (Å²) in [7, 11) is 0. The number of benzene rings is 1. The van der Waals surface area contributed by atoms with E-state index in [1.807, 2.05) is 11.0 Å². The first-order valence-corrected chi connectivity index (χ1v) is 10.1. The van der Waals surface area contributed by atoms with E-state index in [2.05, 4.69) is 20.2 Å². The van der Waals surface area contributed by atoms with E-state index in [0.29, 0.717) is 36.8 Å². The molecule has 0 radical (unpaired) electrons. The van der Waals surface area contributed by atoms with Crippen LogP contribution in [-0.4, -0.2) is 66.7 Å². The largest absolute Gasteiger partial charge is 0.378 e. The lowest BCUT2D eigenvalue weighted by Crippen LogP contribution is -2.38. The van der Waals surface area contributed by atoms with E-state index in [1.54, 1.807) is 24.5 Å². The van der Waals surface area contributed by atoms with Crippen LogP contribution in [0.25, 0.3) is 0 Å². The SMILES string of the molecule is O=C(NCC(c1ccccc1F)N1CCCC1)c1cnc(N2CCOCC2)nc1. The van der Waals surface area contributed by atoms with Crippen LogP contribution in [0.4, 0.5) is 10.3 Å². The van der Waals surface area contributed by atoms with E-state index < -0.39 is 0 Å². The number of carbonyl (C=O) groups is 1. The molecule has 3 heterocycles. The van der Waals surface area contributed by atoms with Gasteiger partial charge < -0.3 is 15.0 Å². The average molecular weight is 399 g/mol. The molecule has 2 fully saturated rings. The number of rotatable bonds is 6. The van der Waals surface area contributed by atoms with E-state index in [1.165, 1.54) is 6.07 Å². The summed E-state index contributed by atoms with van der Waals surface area (Å²) in [5, 5.41) is 2.94. The highest BCUT2D eigenvalue weighted by molar-refractivity contribution is 5.93. The number of anilines is 1.